The van der Waals surface area contributed by atoms with Gasteiger partial charge in [0.1, 0.15) is 0 Å². The number of fused-ring (bicyclic) bond motifs is 1. The number of hydrogen-bond donors (Lipinski definition) is 0. The van der Waals surface area contributed by atoms with Crippen molar-refractivity contribution in [2.45, 2.75) is 6.42 Å². The van der Waals surface area contributed by atoms with Crippen LogP contribution in [0.5, 0.6) is 0 Å². The summed E-state index contributed by atoms with van der Waals surface area (Å²) >= 11 is 0. The number of nitriles is 1. The summed E-state index contributed by atoms with van der Waals surface area (Å²) in [5.74, 6) is -2.04. The normalized spacial score (nSPS) is 12.7. The molecule has 0 fully saturated rings. The van der Waals surface area contributed by atoms with Gasteiger partial charge in [0, 0.05) is 0 Å². The Morgan fingerprint density at radius 2 is 1.57 bits per heavy atom. The smallest absolute Gasteiger partial charge is 0.329 e. The predicted molar refractivity (Wildman–Crippen MR) is 77.9 cm³/mol. The van der Waals surface area contributed by atoms with Gasteiger partial charge in [-0.15, -0.1) is 0 Å². The van der Waals surface area contributed by atoms with Crippen molar-refractivity contribution in [3.8, 4) is 6.07 Å². The fraction of sp³-hybridized carbons (Fsp3) is 0.0588. The summed E-state index contributed by atoms with van der Waals surface area (Å²) in [5, 5.41) is 9.20. The highest BCUT2D eigenvalue weighted by Crippen LogP contribution is 2.22. The highest BCUT2D eigenvalue weighted by Gasteiger charge is 2.38. The molecule has 6 nitrogen and oxygen atoms in total. The summed E-state index contributed by atoms with van der Waals surface area (Å²) in [5.41, 5.74) is 1.51. The molecule has 0 saturated carbocycles. The van der Waals surface area contributed by atoms with Crippen LogP contribution in [0.3, 0.4) is 0 Å². The molecule has 0 atom stereocenters. The fourth-order valence-electron chi connectivity index (χ4n) is 2.25. The molecule has 0 radical (unpaired) electrons. The summed E-state index contributed by atoms with van der Waals surface area (Å²) in [6.45, 7) is 0. The van der Waals surface area contributed by atoms with Gasteiger partial charge in [-0.1, -0.05) is 29.3 Å². The molecule has 2 aromatic rings. The number of carbonyl (C=O) groups excluding carboxylic acids is 3. The Morgan fingerprint density at radius 1 is 1.00 bits per heavy atom. The van der Waals surface area contributed by atoms with Crippen LogP contribution in [0, 0.1) is 11.3 Å². The van der Waals surface area contributed by atoms with Crippen LogP contribution in [0.4, 0.5) is 0 Å². The first-order chi connectivity index (χ1) is 11.1. The number of hydroxylamine groups is 2. The molecule has 0 saturated heterocycles. The van der Waals surface area contributed by atoms with Crippen molar-refractivity contribution >= 4 is 17.8 Å². The minimum absolute atomic E-state index is 0.112. The third-order valence-electron chi connectivity index (χ3n) is 3.38. The number of imide groups is 1. The Hall–Kier alpha value is -3.46. The highest BCUT2D eigenvalue weighted by atomic mass is 16.7. The van der Waals surface area contributed by atoms with Gasteiger partial charge in [0.2, 0.25) is 0 Å². The van der Waals surface area contributed by atoms with E-state index in [1.54, 1.807) is 36.4 Å². The largest absolute Gasteiger partial charge is 0.337 e. The van der Waals surface area contributed by atoms with Gasteiger partial charge in [-0.3, -0.25) is 9.59 Å². The lowest BCUT2D eigenvalue weighted by Crippen LogP contribution is -2.33. The molecule has 2 amide bonds. The quantitative estimate of drug-likeness (QED) is 0.808. The maximum absolute atomic E-state index is 12.1. The molecule has 0 unspecified atom stereocenters. The summed E-state index contributed by atoms with van der Waals surface area (Å²) < 4.78 is 0. The van der Waals surface area contributed by atoms with Crippen LogP contribution in [-0.2, 0) is 16.1 Å². The monoisotopic (exact) mass is 306 g/mol. The number of hydrogen-bond acceptors (Lipinski definition) is 5. The van der Waals surface area contributed by atoms with E-state index in [1.807, 2.05) is 6.07 Å². The van der Waals surface area contributed by atoms with Gasteiger partial charge in [0.05, 0.1) is 29.2 Å². The lowest BCUT2D eigenvalue weighted by molar-refractivity contribution is -0.167. The van der Waals surface area contributed by atoms with E-state index in [9.17, 15) is 14.4 Å². The molecule has 1 heterocycles. The molecule has 0 aromatic heterocycles. The summed E-state index contributed by atoms with van der Waals surface area (Å²) in [6.07, 6.45) is -0.112. The molecular formula is C17H10N2O4. The van der Waals surface area contributed by atoms with E-state index in [0.717, 1.165) is 0 Å². The minimum Gasteiger partial charge on any atom is -0.329 e. The van der Waals surface area contributed by atoms with Gasteiger partial charge in [0.15, 0.2) is 0 Å². The molecule has 2 aromatic carbocycles. The number of amides is 2. The lowest BCUT2D eigenvalue weighted by Gasteiger charge is -2.12. The molecular weight excluding hydrogens is 296 g/mol. The molecule has 1 aliphatic rings. The molecule has 3 rings (SSSR count). The van der Waals surface area contributed by atoms with Gasteiger partial charge in [0.25, 0.3) is 11.8 Å². The third-order valence-corrected chi connectivity index (χ3v) is 3.38. The van der Waals surface area contributed by atoms with Gasteiger partial charge >= 0.3 is 5.97 Å². The second-order valence-corrected chi connectivity index (χ2v) is 4.90. The highest BCUT2D eigenvalue weighted by molar-refractivity contribution is 6.20. The lowest BCUT2D eigenvalue weighted by atomic mass is 10.1. The first kappa shape index (κ1) is 14.5. The van der Waals surface area contributed by atoms with Crippen molar-refractivity contribution in [2.75, 3.05) is 0 Å². The van der Waals surface area contributed by atoms with Crippen LogP contribution < -0.4 is 0 Å². The molecule has 6 heteroatoms. The van der Waals surface area contributed by atoms with Crippen molar-refractivity contribution in [1.29, 1.82) is 5.26 Å². The molecule has 0 N–H and O–H groups in total. The van der Waals surface area contributed by atoms with Crippen molar-refractivity contribution in [3.63, 3.8) is 0 Å². The zero-order valence-electron chi connectivity index (χ0n) is 11.9. The third kappa shape index (κ3) is 2.68. The maximum atomic E-state index is 12.1. The first-order valence-corrected chi connectivity index (χ1v) is 6.78. The number of rotatable bonds is 3. The van der Waals surface area contributed by atoms with Crippen LogP contribution >= 0.6 is 0 Å². The Kier molecular flexibility index (Phi) is 3.61. The summed E-state index contributed by atoms with van der Waals surface area (Å²) in [7, 11) is 0. The van der Waals surface area contributed by atoms with E-state index < -0.39 is 17.8 Å². The zero-order chi connectivity index (χ0) is 16.4. The van der Waals surface area contributed by atoms with E-state index in [4.69, 9.17) is 10.1 Å². The van der Waals surface area contributed by atoms with Crippen molar-refractivity contribution < 1.29 is 19.2 Å². The number of carbonyl (C=O) groups is 3. The predicted octanol–water partition coefficient (Wildman–Crippen LogP) is 1.86. The van der Waals surface area contributed by atoms with Crippen LogP contribution in [0.2, 0.25) is 0 Å². The Bertz CT molecular complexity index is 815. The van der Waals surface area contributed by atoms with Crippen LogP contribution in [0.15, 0.2) is 48.5 Å². The second kappa shape index (κ2) is 5.73. The second-order valence-electron chi connectivity index (χ2n) is 4.90. The molecule has 0 aliphatic carbocycles. The van der Waals surface area contributed by atoms with Gasteiger partial charge in [-0.25, -0.2) is 4.79 Å². The van der Waals surface area contributed by atoms with Crippen LogP contribution in [-0.4, -0.2) is 22.8 Å². The van der Waals surface area contributed by atoms with E-state index in [1.165, 1.54) is 12.1 Å². The van der Waals surface area contributed by atoms with E-state index >= 15 is 0 Å². The summed E-state index contributed by atoms with van der Waals surface area (Å²) in [4.78, 5) is 41.0. The number of benzene rings is 2. The zero-order valence-corrected chi connectivity index (χ0v) is 11.9. The van der Waals surface area contributed by atoms with E-state index in [2.05, 4.69) is 0 Å². The van der Waals surface area contributed by atoms with Crippen molar-refractivity contribution in [2.24, 2.45) is 0 Å². The summed E-state index contributed by atoms with van der Waals surface area (Å²) in [6, 6.07) is 14.6. The average Bonchev–Trinajstić information content (AvgIpc) is 2.81. The van der Waals surface area contributed by atoms with Crippen molar-refractivity contribution in [3.05, 3.63) is 70.8 Å². The standard InChI is InChI=1S/C17H10N2O4/c18-10-12-7-5-11(6-8-12)9-15(20)23-19-16(21)13-3-1-2-4-14(13)17(19)22/h1-8H,9H2. The SMILES string of the molecule is N#Cc1ccc(CC(=O)ON2C(=O)c3ccccc3C2=O)cc1. The Balaban J connectivity index is 1.70. The van der Waals surface area contributed by atoms with Gasteiger partial charge < -0.3 is 4.84 Å². The van der Waals surface area contributed by atoms with Gasteiger partial charge in [-0.05, 0) is 29.8 Å². The van der Waals surface area contributed by atoms with Gasteiger partial charge in [-0.2, -0.15) is 5.26 Å². The van der Waals surface area contributed by atoms with E-state index in [0.29, 0.717) is 16.2 Å². The molecule has 1 aliphatic heterocycles. The molecule has 0 spiro atoms. The fourth-order valence-corrected chi connectivity index (χ4v) is 2.25. The Labute approximate surface area is 131 Å². The van der Waals surface area contributed by atoms with Crippen LogP contribution in [0.1, 0.15) is 31.8 Å². The molecule has 23 heavy (non-hydrogen) atoms. The topological polar surface area (TPSA) is 87.5 Å². The first-order valence-electron chi connectivity index (χ1n) is 6.78. The average molecular weight is 306 g/mol. The number of nitrogens with zero attached hydrogens (tertiary/aromatic N) is 2. The maximum Gasteiger partial charge on any atom is 0.337 e. The minimum atomic E-state index is -0.732. The van der Waals surface area contributed by atoms with E-state index in [-0.39, 0.29) is 17.5 Å². The molecule has 0 bridgehead atoms. The molecule has 112 valence electrons. The van der Waals surface area contributed by atoms with Crippen LogP contribution in [0.25, 0.3) is 0 Å². The Morgan fingerprint density at radius 3 is 2.09 bits per heavy atom. The van der Waals surface area contributed by atoms with Crippen molar-refractivity contribution in [1.82, 2.24) is 5.06 Å².